The number of ether oxygens (including phenoxy) is 1. The molecule has 1 aliphatic heterocycles. The van der Waals surface area contributed by atoms with Crippen LogP contribution in [0.5, 0.6) is 0 Å². The quantitative estimate of drug-likeness (QED) is 0.914. The third-order valence-electron chi connectivity index (χ3n) is 3.65. The maximum atomic E-state index is 6.05. The van der Waals surface area contributed by atoms with Gasteiger partial charge in [0.15, 0.2) is 0 Å². The Labute approximate surface area is 119 Å². The van der Waals surface area contributed by atoms with Gasteiger partial charge in [-0.3, -0.25) is 0 Å². The molecule has 2 nitrogen and oxygen atoms in total. The maximum Gasteiger partial charge on any atom is 0.0595 e. The van der Waals surface area contributed by atoms with Crippen LogP contribution in [0.25, 0.3) is 0 Å². The van der Waals surface area contributed by atoms with Crippen LogP contribution in [-0.2, 0) is 11.2 Å². The van der Waals surface area contributed by atoms with E-state index in [-0.39, 0.29) is 0 Å². The molecule has 2 rings (SSSR count). The van der Waals surface area contributed by atoms with Crippen LogP contribution in [0.2, 0.25) is 10.0 Å². The molecule has 1 heterocycles. The molecule has 1 saturated heterocycles. The molecule has 0 bridgehead atoms. The smallest absolute Gasteiger partial charge is 0.0595 e. The minimum atomic E-state index is 0.478. The predicted molar refractivity (Wildman–Crippen MR) is 76.6 cm³/mol. The van der Waals surface area contributed by atoms with Gasteiger partial charge in [0.05, 0.1) is 10.0 Å². The summed E-state index contributed by atoms with van der Waals surface area (Å²) < 4.78 is 5.41. The number of hydrogen-bond donors (Lipinski definition) is 1. The molecule has 1 N–H and O–H groups in total. The van der Waals surface area contributed by atoms with Gasteiger partial charge >= 0.3 is 0 Å². The normalized spacial score (nSPS) is 18.8. The van der Waals surface area contributed by atoms with Gasteiger partial charge in [0.1, 0.15) is 0 Å². The minimum Gasteiger partial charge on any atom is -0.381 e. The minimum absolute atomic E-state index is 0.478. The maximum absolute atomic E-state index is 6.05. The fourth-order valence-electron chi connectivity index (χ4n) is 2.54. The van der Waals surface area contributed by atoms with Crippen molar-refractivity contribution in [2.24, 2.45) is 5.92 Å². The summed E-state index contributed by atoms with van der Waals surface area (Å²) in [5.74, 6) is 0.679. The Bertz CT molecular complexity index is 391. The summed E-state index contributed by atoms with van der Waals surface area (Å²) in [5, 5.41) is 4.68. The first-order valence-corrected chi connectivity index (χ1v) is 7.15. The molecular formula is C14H19Cl2NO. The molecule has 0 saturated carbocycles. The molecule has 1 atom stereocenters. The number of nitrogens with one attached hydrogen (secondary N) is 1. The third kappa shape index (κ3) is 3.61. The standard InChI is InChI=1S/C14H19Cl2NO/c1-17-14(11-4-6-18-7-5-11)9-10-2-3-12(15)13(16)8-10/h2-3,8,11,14,17H,4-7,9H2,1H3. The van der Waals surface area contributed by atoms with Gasteiger partial charge in [-0.2, -0.15) is 0 Å². The molecule has 1 fully saturated rings. The van der Waals surface area contributed by atoms with Crippen molar-refractivity contribution in [3.63, 3.8) is 0 Å². The Kier molecular flexibility index (Phi) is 5.31. The number of hydrogen-bond acceptors (Lipinski definition) is 2. The highest BCUT2D eigenvalue weighted by atomic mass is 35.5. The molecule has 1 aromatic rings. The second-order valence-electron chi connectivity index (χ2n) is 4.80. The highest BCUT2D eigenvalue weighted by molar-refractivity contribution is 6.42. The van der Waals surface area contributed by atoms with Crippen molar-refractivity contribution in [3.05, 3.63) is 33.8 Å². The molecule has 4 heteroatoms. The van der Waals surface area contributed by atoms with Crippen LogP contribution >= 0.6 is 23.2 Å². The molecule has 0 spiro atoms. The van der Waals surface area contributed by atoms with E-state index in [0.29, 0.717) is 22.0 Å². The zero-order chi connectivity index (χ0) is 13.0. The highest BCUT2D eigenvalue weighted by Crippen LogP contribution is 2.26. The summed E-state index contributed by atoms with van der Waals surface area (Å²) in [6.07, 6.45) is 3.25. The van der Waals surface area contributed by atoms with Crippen molar-refractivity contribution in [1.82, 2.24) is 5.32 Å². The SMILES string of the molecule is CNC(Cc1ccc(Cl)c(Cl)c1)C1CCOCC1. The van der Waals surface area contributed by atoms with Crippen molar-refractivity contribution < 1.29 is 4.74 Å². The number of halogens is 2. The molecule has 0 aliphatic carbocycles. The predicted octanol–water partition coefficient (Wildman–Crippen LogP) is 3.55. The van der Waals surface area contributed by atoms with Crippen LogP contribution in [0.1, 0.15) is 18.4 Å². The lowest BCUT2D eigenvalue weighted by Gasteiger charge is -2.30. The lowest BCUT2D eigenvalue weighted by atomic mass is 9.88. The van der Waals surface area contributed by atoms with E-state index in [9.17, 15) is 0 Å². The van der Waals surface area contributed by atoms with E-state index in [2.05, 4.69) is 11.4 Å². The van der Waals surface area contributed by atoms with Gasteiger partial charge in [-0.25, -0.2) is 0 Å². The summed E-state index contributed by atoms with van der Waals surface area (Å²) in [6, 6.07) is 6.37. The lowest BCUT2D eigenvalue weighted by Crippen LogP contribution is -2.38. The monoisotopic (exact) mass is 287 g/mol. The zero-order valence-corrected chi connectivity index (χ0v) is 12.1. The summed E-state index contributed by atoms with van der Waals surface area (Å²) in [5.41, 5.74) is 1.23. The van der Waals surface area contributed by atoms with Crippen LogP contribution in [-0.4, -0.2) is 26.3 Å². The van der Waals surface area contributed by atoms with Gasteiger partial charge in [-0.1, -0.05) is 29.3 Å². The Hall–Kier alpha value is -0.280. The topological polar surface area (TPSA) is 21.3 Å². The van der Waals surface area contributed by atoms with Gasteiger partial charge in [0, 0.05) is 19.3 Å². The van der Waals surface area contributed by atoms with Gasteiger partial charge in [0.2, 0.25) is 0 Å². The van der Waals surface area contributed by atoms with Crippen LogP contribution in [0.4, 0.5) is 0 Å². The first-order chi connectivity index (χ1) is 8.70. The fourth-order valence-corrected chi connectivity index (χ4v) is 2.86. The summed E-state index contributed by atoms with van der Waals surface area (Å²) in [7, 11) is 2.03. The number of benzene rings is 1. The summed E-state index contributed by atoms with van der Waals surface area (Å²) in [6.45, 7) is 1.76. The van der Waals surface area contributed by atoms with E-state index in [1.165, 1.54) is 5.56 Å². The van der Waals surface area contributed by atoms with Crippen LogP contribution < -0.4 is 5.32 Å². The van der Waals surface area contributed by atoms with Crippen molar-refractivity contribution in [3.8, 4) is 0 Å². The van der Waals surface area contributed by atoms with Crippen LogP contribution in [0.15, 0.2) is 18.2 Å². The second kappa shape index (κ2) is 6.76. The Morgan fingerprint density at radius 1 is 1.28 bits per heavy atom. The lowest BCUT2D eigenvalue weighted by molar-refractivity contribution is 0.0547. The fraction of sp³-hybridized carbons (Fsp3) is 0.571. The van der Waals surface area contributed by atoms with E-state index in [1.807, 2.05) is 19.2 Å². The van der Waals surface area contributed by atoms with Gasteiger partial charge in [-0.05, 0) is 49.9 Å². The van der Waals surface area contributed by atoms with E-state index >= 15 is 0 Å². The molecule has 1 unspecified atom stereocenters. The zero-order valence-electron chi connectivity index (χ0n) is 10.6. The van der Waals surface area contributed by atoms with Crippen LogP contribution in [0, 0.1) is 5.92 Å². The molecule has 1 aliphatic rings. The molecule has 18 heavy (non-hydrogen) atoms. The van der Waals surface area contributed by atoms with Gasteiger partial charge in [-0.15, -0.1) is 0 Å². The average molecular weight is 288 g/mol. The molecule has 0 aromatic heterocycles. The largest absolute Gasteiger partial charge is 0.381 e. The van der Waals surface area contributed by atoms with Crippen molar-refractivity contribution in [2.75, 3.05) is 20.3 Å². The van der Waals surface area contributed by atoms with E-state index in [4.69, 9.17) is 27.9 Å². The van der Waals surface area contributed by atoms with E-state index in [1.54, 1.807) is 0 Å². The van der Waals surface area contributed by atoms with Crippen molar-refractivity contribution in [2.45, 2.75) is 25.3 Å². The summed E-state index contributed by atoms with van der Waals surface area (Å²) >= 11 is 12.0. The molecular weight excluding hydrogens is 269 g/mol. The van der Waals surface area contributed by atoms with E-state index in [0.717, 1.165) is 32.5 Å². The summed E-state index contributed by atoms with van der Waals surface area (Å²) in [4.78, 5) is 0. The van der Waals surface area contributed by atoms with Crippen molar-refractivity contribution in [1.29, 1.82) is 0 Å². The molecule has 1 aromatic carbocycles. The Balaban J connectivity index is 2.02. The molecule has 100 valence electrons. The highest BCUT2D eigenvalue weighted by Gasteiger charge is 2.23. The second-order valence-corrected chi connectivity index (χ2v) is 5.61. The van der Waals surface area contributed by atoms with Gasteiger partial charge in [0.25, 0.3) is 0 Å². The first-order valence-electron chi connectivity index (χ1n) is 6.39. The Morgan fingerprint density at radius 3 is 2.61 bits per heavy atom. The number of rotatable bonds is 4. The first kappa shape index (κ1) is 14.1. The van der Waals surface area contributed by atoms with E-state index < -0.39 is 0 Å². The molecule has 0 radical (unpaired) electrons. The van der Waals surface area contributed by atoms with Crippen LogP contribution in [0.3, 0.4) is 0 Å². The van der Waals surface area contributed by atoms with Gasteiger partial charge < -0.3 is 10.1 Å². The average Bonchev–Trinajstić information content (AvgIpc) is 2.41. The third-order valence-corrected chi connectivity index (χ3v) is 4.38. The Morgan fingerprint density at radius 2 is 2.00 bits per heavy atom. The number of likely N-dealkylation sites (N-methyl/N-ethyl adjacent to an activating group) is 1. The molecule has 0 amide bonds. The van der Waals surface area contributed by atoms with Crippen molar-refractivity contribution >= 4 is 23.2 Å².